The third-order valence-corrected chi connectivity index (χ3v) is 6.50. The lowest BCUT2D eigenvalue weighted by Gasteiger charge is -2.15. The first-order chi connectivity index (χ1) is 14.5. The highest BCUT2D eigenvalue weighted by Crippen LogP contribution is 2.33. The Morgan fingerprint density at radius 2 is 2.17 bits per heavy atom. The van der Waals surface area contributed by atoms with Crippen LogP contribution in [-0.2, 0) is 11.3 Å². The zero-order valence-corrected chi connectivity index (χ0v) is 17.8. The molecule has 0 saturated carbocycles. The molecule has 0 saturated heterocycles. The highest BCUT2D eigenvalue weighted by atomic mass is 32.1. The third-order valence-electron chi connectivity index (χ3n) is 4.71. The van der Waals surface area contributed by atoms with Crippen molar-refractivity contribution in [2.24, 2.45) is 0 Å². The lowest BCUT2D eigenvalue weighted by molar-refractivity contribution is -0.122. The zero-order chi connectivity index (χ0) is 21.3. The largest absolute Gasteiger partial charge is 0.494 e. The normalized spacial score (nSPS) is 12.1. The van der Waals surface area contributed by atoms with E-state index in [9.17, 15) is 14.0 Å². The highest BCUT2D eigenvalue weighted by molar-refractivity contribution is 7.18. The number of nitrogens with one attached hydrogen (secondary N) is 1. The molecular weight excluding hydrogens is 425 g/mol. The second-order valence-corrected chi connectivity index (χ2v) is 8.47. The van der Waals surface area contributed by atoms with Gasteiger partial charge in [0.05, 0.1) is 24.9 Å². The van der Waals surface area contributed by atoms with E-state index >= 15 is 0 Å². The molecule has 3 heterocycles. The molecule has 154 valence electrons. The van der Waals surface area contributed by atoms with Crippen LogP contribution in [0.5, 0.6) is 5.75 Å². The van der Waals surface area contributed by atoms with E-state index in [-0.39, 0.29) is 23.8 Å². The Labute approximate surface area is 179 Å². The molecule has 6 nitrogen and oxygen atoms in total. The van der Waals surface area contributed by atoms with Gasteiger partial charge in [0, 0.05) is 15.8 Å². The standard InChI is InChI=1S/C21H18FN3O3S2/c1-12(13-5-6-16(28-2)15(22)8-13)24-18(26)9-25-11-23-20-19(21(25)27)14(10-30-20)17-4-3-7-29-17/h3-8,10-12H,9H2,1-2H3,(H,24,26). The first-order valence-corrected chi connectivity index (χ1v) is 10.9. The van der Waals surface area contributed by atoms with Gasteiger partial charge in [-0.2, -0.15) is 0 Å². The van der Waals surface area contributed by atoms with Crippen LogP contribution >= 0.6 is 22.7 Å². The van der Waals surface area contributed by atoms with Crippen LogP contribution in [0.25, 0.3) is 20.7 Å². The summed E-state index contributed by atoms with van der Waals surface area (Å²) in [4.78, 5) is 31.5. The first kappa shape index (κ1) is 20.2. The molecule has 0 fully saturated rings. The van der Waals surface area contributed by atoms with Gasteiger partial charge in [0.1, 0.15) is 11.4 Å². The van der Waals surface area contributed by atoms with E-state index < -0.39 is 11.9 Å². The monoisotopic (exact) mass is 443 g/mol. The summed E-state index contributed by atoms with van der Waals surface area (Å²) in [6.45, 7) is 1.57. The molecule has 30 heavy (non-hydrogen) atoms. The van der Waals surface area contributed by atoms with E-state index in [1.54, 1.807) is 24.3 Å². The van der Waals surface area contributed by atoms with Gasteiger partial charge in [-0.25, -0.2) is 9.37 Å². The van der Waals surface area contributed by atoms with Gasteiger partial charge in [-0.15, -0.1) is 22.7 Å². The van der Waals surface area contributed by atoms with Gasteiger partial charge < -0.3 is 10.1 Å². The Bertz CT molecular complexity index is 1260. The minimum atomic E-state index is -0.500. The number of thiophene rings is 2. The number of halogens is 1. The van der Waals surface area contributed by atoms with E-state index in [1.165, 1.54) is 41.5 Å². The van der Waals surface area contributed by atoms with E-state index in [0.29, 0.717) is 15.8 Å². The van der Waals surface area contributed by atoms with Gasteiger partial charge in [0.2, 0.25) is 5.91 Å². The summed E-state index contributed by atoms with van der Waals surface area (Å²) in [6.07, 6.45) is 1.39. The number of rotatable bonds is 6. The first-order valence-electron chi connectivity index (χ1n) is 9.11. The SMILES string of the molecule is COc1ccc(C(C)NC(=O)Cn2cnc3scc(-c4cccs4)c3c2=O)cc1F. The van der Waals surface area contributed by atoms with Crippen molar-refractivity contribution in [1.82, 2.24) is 14.9 Å². The summed E-state index contributed by atoms with van der Waals surface area (Å²) < 4.78 is 20.1. The topological polar surface area (TPSA) is 73.2 Å². The van der Waals surface area contributed by atoms with Gasteiger partial charge in [-0.05, 0) is 36.1 Å². The Morgan fingerprint density at radius 1 is 1.33 bits per heavy atom. The highest BCUT2D eigenvalue weighted by Gasteiger charge is 2.17. The van der Waals surface area contributed by atoms with Crippen LogP contribution in [0.1, 0.15) is 18.5 Å². The maximum Gasteiger partial charge on any atom is 0.263 e. The summed E-state index contributed by atoms with van der Waals surface area (Å²) in [5.41, 5.74) is 1.17. The molecule has 0 aliphatic carbocycles. The molecule has 1 aromatic carbocycles. The Morgan fingerprint density at radius 3 is 2.87 bits per heavy atom. The number of carbonyl (C=O) groups is 1. The van der Waals surface area contributed by atoms with Crippen molar-refractivity contribution in [2.45, 2.75) is 19.5 Å². The fourth-order valence-corrected chi connectivity index (χ4v) is 4.89. The van der Waals surface area contributed by atoms with E-state index in [2.05, 4.69) is 10.3 Å². The summed E-state index contributed by atoms with van der Waals surface area (Å²) in [6, 6.07) is 7.96. The number of carbonyl (C=O) groups excluding carboxylic acids is 1. The number of aromatic nitrogens is 2. The van der Waals surface area contributed by atoms with Gasteiger partial charge in [-0.1, -0.05) is 12.1 Å². The van der Waals surface area contributed by atoms with Crippen LogP contribution in [0.15, 0.2) is 52.2 Å². The maximum absolute atomic E-state index is 13.9. The van der Waals surface area contributed by atoms with Crippen molar-refractivity contribution in [3.63, 3.8) is 0 Å². The molecule has 4 aromatic rings. The number of fused-ring (bicyclic) bond motifs is 1. The van der Waals surface area contributed by atoms with Gasteiger partial charge in [0.15, 0.2) is 11.6 Å². The Hall–Kier alpha value is -3.04. The molecular formula is C21H18FN3O3S2. The fraction of sp³-hybridized carbons (Fsp3) is 0.190. The van der Waals surface area contributed by atoms with E-state index in [0.717, 1.165) is 10.4 Å². The van der Waals surface area contributed by atoms with Crippen molar-refractivity contribution in [3.05, 3.63) is 69.2 Å². The molecule has 0 spiro atoms. The molecule has 4 rings (SSSR count). The number of hydrogen-bond donors (Lipinski definition) is 1. The molecule has 1 amide bonds. The molecule has 3 aromatic heterocycles. The number of hydrogen-bond acceptors (Lipinski definition) is 6. The molecule has 0 aliphatic rings. The van der Waals surface area contributed by atoms with Crippen molar-refractivity contribution < 1.29 is 13.9 Å². The average Bonchev–Trinajstić information content (AvgIpc) is 3.39. The van der Waals surface area contributed by atoms with Crippen molar-refractivity contribution in [3.8, 4) is 16.2 Å². The minimum absolute atomic E-state index is 0.139. The fourth-order valence-electron chi connectivity index (χ4n) is 3.17. The molecule has 0 aliphatic heterocycles. The van der Waals surface area contributed by atoms with E-state index in [4.69, 9.17) is 4.74 Å². The van der Waals surface area contributed by atoms with Crippen LogP contribution in [0.3, 0.4) is 0 Å². The van der Waals surface area contributed by atoms with E-state index in [1.807, 2.05) is 22.9 Å². The van der Waals surface area contributed by atoms with Crippen LogP contribution < -0.4 is 15.6 Å². The summed E-state index contributed by atoms with van der Waals surface area (Å²) >= 11 is 2.95. The number of nitrogens with zero attached hydrogens (tertiary/aromatic N) is 2. The number of amides is 1. The molecule has 1 N–H and O–H groups in total. The zero-order valence-electron chi connectivity index (χ0n) is 16.2. The quantitative estimate of drug-likeness (QED) is 0.485. The van der Waals surface area contributed by atoms with Gasteiger partial charge in [0.25, 0.3) is 5.56 Å². The summed E-state index contributed by atoms with van der Waals surface area (Å²) in [7, 11) is 1.39. The van der Waals surface area contributed by atoms with Crippen molar-refractivity contribution in [2.75, 3.05) is 7.11 Å². The molecule has 1 atom stereocenters. The second-order valence-electron chi connectivity index (χ2n) is 6.67. The Kier molecular flexibility index (Phi) is 5.65. The van der Waals surface area contributed by atoms with Crippen LogP contribution in [0, 0.1) is 5.82 Å². The van der Waals surface area contributed by atoms with Crippen molar-refractivity contribution in [1.29, 1.82) is 0 Å². The van der Waals surface area contributed by atoms with Crippen LogP contribution in [-0.4, -0.2) is 22.6 Å². The molecule has 0 radical (unpaired) electrons. The smallest absolute Gasteiger partial charge is 0.263 e. The number of ether oxygens (including phenoxy) is 1. The summed E-state index contributed by atoms with van der Waals surface area (Å²) in [5.74, 6) is -0.726. The van der Waals surface area contributed by atoms with Crippen LogP contribution in [0.2, 0.25) is 0 Å². The predicted octanol–water partition coefficient (Wildman–Crippen LogP) is 4.21. The predicted molar refractivity (Wildman–Crippen MR) is 117 cm³/mol. The third kappa shape index (κ3) is 3.86. The Balaban J connectivity index is 1.54. The van der Waals surface area contributed by atoms with Crippen molar-refractivity contribution >= 4 is 38.8 Å². The lowest BCUT2D eigenvalue weighted by Crippen LogP contribution is -2.34. The van der Waals surface area contributed by atoms with Gasteiger partial charge in [-0.3, -0.25) is 14.2 Å². The molecule has 1 unspecified atom stereocenters. The summed E-state index contributed by atoms with van der Waals surface area (Å²) in [5, 5.41) is 7.17. The molecule has 0 bridgehead atoms. The van der Waals surface area contributed by atoms with Crippen LogP contribution in [0.4, 0.5) is 4.39 Å². The number of benzene rings is 1. The average molecular weight is 444 g/mol. The second kappa shape index (κ2) is 8.37. The van der Waals surface area contributed by atoms with Gasteiger partial charge >= 0.3 is 0 Å². The maximum atomic E-state index is 13.9. The lowest BCUT2D eigenvalue weighted by atomic mass is 10.1. The number of methoxy groups -OCH3 is 1. The minimum Gasteiger partial charge on any atom is -0.494 e. The molecule has 9 heteroatoms.